The smallest absolute Gasteiger partial charge is 0.106 e. The first kappa shape index (κ1) is 12.4. The van der Waals surface area contributed by atoms with E-state index < -0.39 is 0 Å². The number of hydrogen-bond acceptors (Lipinski definition) is 1. The highest BCUT2D eigenvalue weighted by Gasteiger charge is 1.91. The third-order valence-corrected chi connectivity index (χ3v) is 1.85. The van der Waals surface area contributed by atoms with Gasteiger partial charge in [-0.15, -0.1) is 0 Å². The summed E-state index contributed by atoms with van der Waals surface area (Å²) in [4.78, 5) is 4.73. The quantitative estimate of drug-likeness (QED) is 0.443. The lowest BCUT2D eigenvalue weighted by Gasteiger charge is -1.98. The minimum atomic E-state index is 0. The van der Waals surface area contributed by atoms with Gasteiger partial charge in [0, 0.05) is 0 Å². The van der Waals surface area contributed by atoms with E-state index in [-0.39, 0.29) is 12.4 Å². The second-order valence-electron chi connectivity index (χ2n) is 2.85. The molecule has 0 spiro atoms. The molecule has 0 amide bonds. The summed E-state index contributed by atoms with van der Waals surface area (Å²) in [7, 11) is 0. The van der Waals surface area contributed by atoms with E-state index in [2.05, 4.69) is 30.2 Å². The molecular weight excluding hydrogens is 186 g/mol. The van der Waals surface area contributed by atoms with Gasteiger partial charge in [-0.1, -0.05) is 30.3 Å². The zero-order valence-electron chi connectivity index (χ0n) is 7.71. The van der Waals surface area contributed by atoms with Gasteiger partial charge in [-0.2, -0.15) is 0 Å². The molecular formula is C10H16ClNO. The monoisotopic (exact) mass is 201 g/mol. The Bertz CT molecular complexity index is 203. The number of benzene rings is 1. The van der Waals surface area contributed by atoms with Crippen LogP contribution in [-0.2, 0) is 11.3 Å². The maximum absolute atomic E-state index is 4.73. The van der Waals surface area contributed by atoms with Crippen molar-refractivity contribution in [1.29, 1.82) is 0 Å². The highest BCUT2D eigenvalue weighted by atomic mass is 35.5. The first-order valence-corrected chi connectivity index (χ1v) is 4.34. The lowest BCUT2D eigenvalue weighted by Crippen LogP contribution is -3.00. The number of hydrogen-bond donors (Lipinski definition) is 1. The highest BCUT2D eigenvalue weighted by Crippen LogP contribution is 2.03. The van der Waals surface area contributed by atoms with Crippen molar-refractivity contribution in [2.45, 2.75) is 19.3 Å². The van der Waals surface area contributed by atoms with E-state index in [0.29, 0.717) is 0 Å². The molecule has 2 nitrogen and oxygen atoms in total. The standard InChI is InChI=1S/C10H16NO.ClH/c11-12-9-5-4-8-10-6-2-1-3-7-10;/h1-3,6-7H,4-5,8-9H2,11H3;1H/q+1;/p-1. The first-order chi connectivity index (χ1) is 5.93. The number of rotatable bonds is 5. The first-order valence-electron chi connectivity index (χ1n) is 4.34. The molecule has 1 aromatic rings. The Kier molecular flexibility index (Phi) is 7.69. The minimum Gasteiger partial charge on any atom is -1.00 e. The minimum absolute atomic E-state index is 0. The zero-order valence-corrected chi connectivity index (χ0v) is 8.46. The fourth-order valence-corrected chi connectivity index (χ4v) is 1.18. The lowest BCUT2D eigenvalue weighted by molar-refractivity contribution is -0.689. The van der Waals surface area contributed by atoms with Gasteiger partial charge < -0.3 is 12.4 Å². The van der Waals surface area contributed by atoms with Crippen molar-refractivity contribution in [3.05, 3.63) is 35.9 Å². The summed E-state index contributed by atoms with van der Waals surface area (Å²) in [6.07, 6.45) is 3.42. The van der Waals surface area contributed by atoms with E-state index in [1.165, 1.54) is 12.0 Å². The summed E-state index contributed by atoms with van der Waals surface area (Å²) < 4.78 is 0. The second-order valence-corrected chi connectivity index (χ2v) is 2.85. The van der Waals surface area contributed by atoms with E-state index in [9.17, 15) is 0 Å². The lowest BCUT2D eigenvalue weighted by atomic mass is 10.1. The van der Waals surface area contributed by atoms with Gasteiger partial charge in [0.25, 0.3) is 0 Å². The summed E-state index contributed by atoms with van der Waals surface area (Å²) in [5.41, 5.74) is 1.40. The summed E-state index contributed by atoms with van der Waals surface area (Å²) >= 11 is 0. The Morgan fingerprint density at radius 3 is 2.38 bits per heavy atom. The molecule has 0 fully saturated rings. The predicted molar refractivity (Wildman–Crippen MR) is 48.2 cm³/mol. The van der Waals surface area contributed by atoms with E-state index in [1.54, 1.807) is 0 Å². The van der Waals surface area contributed by atoms with Crippen molar-refractivity contribution < 1.29 is 23.1 Å². The zero-order chi connectivity index (χ0) is 8.65. The van der Waals surface area contributed by atoms with Crippen molar-refractivity contribution in [3.8, 4) is 0 Å². The molecule has 74 valence electrons. The Hall–Kier alpha value is -0.570. The number of unbranched alkanes of at least 4 members (excludes halogenated alkanes) is 1. The van der Waals surface area contributed by atoms with Crippen molar-refractivity contribution in [2.24, 2.45) is 0 Å². The molecule has 0 aliphatic rings. The third kappa shape index (κ3) is 5.64. The molecule has 0 saturated heterocycles. The molecule has 3 heteroatoms. The van der Waals surface area contributed by atoms with Crippen LogP contribution in [0.4, 0.5) is 0 Å². The molecule has 0 atom stereocenters. The maximum atomic E-state index is 4.73. The van der Waals surface area contributed by atoms with Gasteiger partial charge in [0.2, 0.25) is 0 Å². The van der Waals surface area contributed by atoms with Crippen LogP contribution in [0.25, 0.3) is 0 Å². The molecule has 0 bridgehead atoms. The van der Waals surface area contributed by atoms with Crippen molar-refractivity contribution >= 4 is 0 Å². The summed E-state index contributed by atoms with van der Waals surface area (Å²) in [6, 6.07) is 10.5. The predicted octanol–water partition coefficient (Wildman–Crippen LogP) is -1.81. The SMILES string of the molecule is [Cl-].[NH3+]OCCCCc1ccccc1. The van der Waals surface area contributed by atoms with Crippen LogP contribution >= 0.6 is 0 Å². The van der Waals surface area contributed by atoms with Gasteiger partial charge in [-0.05, 0) is 24.8 Å². The molecule has 0 aliphatic heterocycles. The van der Waals surface area contributed by atoms with Gasteiger partial charge in [-0.25, -0.2) is 10.7 Å². The molecule has 0 radical (unpaired) electrons. The normalized spacial score (nSPS) is 9.31. The van der Waals surface area contributed by atoms with Crippen LogP contribution < -0.4 is 18.3 Å². The molecule has 1 aromatic carbocycles. The number of halogens is 1. The van der Waals surface area contributed by atoms with Gasteiger partial charge in [0.05, 0.1) is 0 Å². The van der Waals surface area contributed by atoms with E-state index in [1.807, 2.05) is 6.07 Å². The van der Waals surface area contributed by atoms with Crippen molar-refractivity contribution in [3.63, 3.8) is 0 Å². The number of quaternary nitrogens is 1. The maximum Gasteiger partial charge on any atom is 0.106 e. The topological polar surface area (TPSA) is 36.9 Å². The van der Waals surface area contributed by atoms with Crippen molar-refractivity contribution in [2.75, 3.05) is 6.61 Å². The third-order valence-electron chi connectivity index (χ3n) is 1.85. The molecule has 0 saturated carbocycles. The Morgan fingerprint density at radius 2 is 1.77 bits per heavy atom. The molecule has 0 aliphatic carbocycles. The molecule has 0 aromatic heterocycles. The van der Waals surface area contributed by atoms with Gasteiger partial charge >= 0.3 is 0 Å². The fraction of sp³-hybridized carbons (Fsp3) is 0.400. The molecule has 0 unspecified atom stereocenters. The van der Waals surface area contributed by atoms with E-state index in [0.717, 1.165) is 19.4 Å². The molecule has 3 N–H and O–H groups in total. The second kappa shape index (κ2) is 8.05. The summed E-state index contributed by atoms with van der Waals surface area (Å²) in [5, 5.41) is 0. The summed E-state index contributed by atoms with van der Waals surface area (Å²) in [6.45, 7) is 0.771. The van der Waals surface area contributed by atoms with Crippen LogP contribution in [0.15, 0.2) is 30.3 Å². The fourth-order valence-electron chi connectivity index (χ4n) is 1.18. The van der Waals surface area contributed by atoms with Crippen molar-refractivity contribution in [1.82, 2.24) is 0 Å². The Balaban J connectivity index is 0.00000144. The number of aryl methyl sites for hydroxylation is 1. The molecule has 1 rings (SSSR count). The van der Waals surface area contributed by atoms with E-state index in [4.69, 9.17) is 4.84 Å². The Morgan fingerprint density at radius 1 is 1.08 bits per heavy atom. The van der Waals surface area contributed by atoms with Crippen LogP contribution in [0.1, 0.15) is 18.4 Å². The van der Waals surface area contributed by atoms with Gasteiger partial charge in [-0.3, -0.25) is 0 Å². The summed E-state index contributed by atoms with van der Waals surface area (Å²) in [5.74, 6) is 3.33. The Labute approximate surface area is 85.5 Å². The van der Waals surface area contributed by atoms with Crippen LogP contribution in [0, 0.1) is 0 Å². The average Bonchev–Trinajstić information content (AvgIpc) is 2.14. The van der Waals surface area contributed by atoms with Crippen LogP contribution in [0.2, 0.25) is 0 Å². The van der Waals surface area contributed by atoms with Gasteiger partial charge in [0.15, 0.2) is 0 Å². The van der Waals surface area contributed by atoms with Crippen LogP contribution in [0.3, 0.4) is 0 Å². The average molecular weight is 202 g/mol. The van der Waals surface area contributed by atoms with E-state index >= 15 is 0 Å². The largest absolute Gasteiger partial charge is 1.00 e. The van der Waals surface area contributed by atoms with Crippen LogP contribution in [0.5, 0.6) is 0 Å². The van der Waals surface area contributed by atoms with Crippen LogP contribution in [-0.4, -0.2) is 6.61 Å². The molecule has 0 heterocycles. The highest BCUT2D eigenvalue weighted by molar-refractivity contribution is 5.14. The molecule has 13 heavy (non-hydrogen) atoms. The van der Waals surface area contributed by atoms with Gasteiger partial charge in [0.1, 0.15) is 6.61 Å².